The molecule has 1 saturated heterocycles. The third-order valence-electron chi connectivity index (χ3n) is 3.05. The number of aromatic nitrogens is 2. The van der Waals surface area contributed by atoms with Crippen LogP contribution in [0, 0.1) is 0 Å². The Morgan fingerprint density at radius 1 is 1.15 bits per heavy atom. The number of benzene rings is 1. The SMILES string of the molecule is O=C(c1ccc(Sc2ccccc2Cl)nn1)N1CCC1. The molecular weight excluding hydrogens is 294 g/mol. The first-order valence-corrected chi connectivity index (χ1v) is 7.49. The summed E-state index contributed by atoms with van der Waals surface area (Å²) in [7, 11) is 0. The van der Waals surface area contributed by atoms with Crippen molar-refractivity contribution in [1.82, 2.24) is 15.1 Å². The summed E-state index contributed by atoms with van der Waals surface area (Å²) in [6.07, 6.45) is 1.07. The maximum Gasteiger partial charge on any atom is 0.274 e. The molecule has 102 valence electrons. The number of amides is 1. The van der Waals surface area contributed by atoms with E-state index in [0.29, 0.717) is 10.7 Å². The van der Waals surface area contributed by atoms with E-state index in [9.17, 15) is 4.79 Å². The van der Waals surface area contributed by atoms with Crippen LogP contribution >= 0.6 is 23.4 Å². The fraction of sp³-hybridized carbons (Fsp3) is 0.214. The lowest BCUT2D eigenvalue weighted by molar-refractivity contribution is 0.0644. The van der Waals surface area contributed by atoms with E-state index in [-0.39, 0.29) is 5.91 Å². The number of halogens is 1. The van der Waals surface area contributed by atoms with Gasteiger partial charge in [-0.25, -0.2) is 0 Å². The number of likely N-dealkylation sites (tertiary alicyclic amines) is 1. The lowest BCUT2D eigenvalue weighted by Gasteiger charge is -2.30. The first kappa shape index (κ1) is 13.4. The lowest BCUT2D eigenvalue weighted by atomic mass is 10.2. The molecule has 6 heteroatoms. The Labute approximate surface area is 126 Å². The number of rotatable bonds is 3. The first-order chi connectivity index (χ1) is 9.74. The molecule has 1 amide bonds. The molecule has 0 radical (unpaired) electrons. The maximum atomic E-state index is 11.9. The molecular formula is C14H12ClN3OS. The molecule has 1 aromatic carbocycles. The Kier molecular flexibility index (Phi) is 3.89. The highest BCUT2D eigenvalue weighted by atomic mass is 35.5. The molecule has 0 spiro atoms. The van der Waals surface area contributed by atoms with Gasteiger partial charge in [0.15, 0.2) is 5.69 Å². The van der Waals surface area contributed by atoms with Gasteiger partial charge in [0.2, 0.25) is 0 Å². The van der Waals surface area contributed by atoms with Crippen molar-refractivity contribution in [2.24, 2.45) is 0 Å². The average molecular weight is 306 g/mol. The molecule has 1 aliphatic heterocycles. The van der Waals surface area contributed by atoms with E-state index in [2.05, 4.69) is 10.2 Å². The lowest BCUT2D eigenvalue weighted by Crippen LogP contribution is -2.42. The third kappa shape index (κ3) is 2.78. The van der Waals surface area contributed by atoms with E-state index in [1.54, 1.807) is 17.0 Å². The predicted molar refractivity (Wildman–Crippen MR) is 78.1 cm³/mol. The van der Waals surface area contributed by atoms with Crippen molar-refractivity contribution >= 4 is 29.3 Å². The zero-order chi connectivity index (χ0) is 13.9. The molecule has 2 heterocycles. The normalized spacial score (nSPS) is 13.9. The molecule has 0 saturated carbocycles. The molecule has 0 aliphatic carbocycles. The van der Waals surface area contributed by atoms with Crippen molar-refractivity contribution in [2.75, 3.05) is 13.1 Å². The molecule has 2 aromatic rings. The van der Waals surface area contributed by atoms with Crippen LogP contribution in [0.15, 0.2) is 46.3 Å². The van der Waals surface area contributed by atoms with Gasteiger partial charge in [-0.15, -0.1) is 10.2 Å². The second-order valence-electron chi connectivity index (χ2n) is 4.44. The number of hydrogen-bond donors (Lipinski definition) is 0. The average Bonchev–Trinajstić information content (AvgIpc) is 2.40. The Balaban J connectivity index is 1.73. The van der Waals surface area contributed by atoms with E-state index in [4.69, 9.17) is 11.6 Å². The second kappa shape index (κ2) is 5.81. The standard InChI is InChI=1S/C14H12ClN3OS/c15-10-4-1-2-5-12(10)20-13-7-6-11(16-17-13)14(19)18-8-3-9-18/h1-2,4-7H,3,8-9H2. The molecule has 0 unspecified atom stereocenters. The van der Waals surface area contributed by atoms with Crippen LogP contribution in [0.25, 0.3) is 0 Å². The van der Waals surface area contributed by atoms with Gasteiger partial charge in [-0.3, -0.25) is 4.79 Å². The quantitative estimate of drug-likeness (QED) is 0.874. The van der Waals surface area contributed by atoms with Gasteiger partial charge in [0, 0.05) is 18.0 Å². The molecule has 0 N–H and O–H groups in total. The third-order valence-corrected chi connectivity index (χ3v) is 4.50. The van der Waals surface area contributed by atoms with E-state index in [0.717, 1.165) is 29.4 Å². The van der Waals surface area contributed by atoms with Gasteiger partial charge in [0.1, 0.15) is 5.03 Å². The highest BCUT2D eigenvalue weighted by Crippen LogP contribution is 2.31. The maximum absolute atomic E-state index is 11.9. The minimum atomic E-state index is -0.0435. The van der Waals surface area contributed by atoms with Crippen LogP contribution in [0.1, 0.15) is 16.9 Å². The Hall–Kier alpha value is -1.59. The summed E-state index contributed by atoms with van der Waals surface area (Å²) in [5.41, 5.74) is 0.396. The summed E-state index contributed by atoms with van der Waals surface area (Å²) < 4.78 is 0. The summed E-state index contributed by atoms with van der Waals surface area (Å²) in [5.74, 6) is -0.0435. The van der Waals surface area contributed by atoms with Gasteiger partial charge in [0.05, 0.1) is 5.02 Å². The number of hydrogen-bond acceptors (Lipinski definition) is 4. The molecule has 1 aromatic heterocycles. The van der Waals surface area contributed by atoms with Gasteiger partial charge in [-0.2, -0.15) is 0 Å². The van der Waals surface area contributed by atoms with Crippen molar-refractivity contribution in [2.45, 2.75) is 16.3 Å². The Morgan fingerprint density at radius 3 is 2.55 bits per heavy atom. The van der Waals surface area contributed by atoms with E-state index in [1.807, 2.05) is 24.3 Å². The van der Waals surface area contributed by atoms with Crippen LogP contribution in [0.3, 0.4) is 0 Å². The van der Waals surface area contributed by atoms with E-state index in [1.165, 1.54) is 11.8 Å². The Bertz CT molecular complexity index is 629. The van der Waals surface area contributed by atoms with Gasteiger partial charge < -0.3 is 4.90 Å². The van der Waals surface area contributed by atoms with Crippen molar-refractivity contribution in [3.63, 3.8) is 0 Å². The molecule has 1 fully saturated rings. The van der Waals surface area contributed by atoms with Gasteiger partial charge in [-0.1, -0.05) is 35.5 Å². The van der Waals surface area contributed by atoms with Crippen LogP contribution < -0.4 is 0 Å². The summed E-state index contributed by atoms with van der Waals surface area (Å²) in [6.45, 7) is 1.63. The monoisotopic (exact) mass is 305 g/mol. The van der Waals surface area contributed by atoms with Gasteiger partial charge in [0.25, 0.3) is 5.91 Å². The van der Waals surface area contributed by atoms with Crippen LogP contribution in [0.2, 0.25) is 5.02 Å². The van der Waals surface area contributed by atoms with Crippen molar-refractivity contribution < 1.29 is 4.79 Å². The van der Waals surface area contributed by atoms with Crippen molar-refractivity contribution in [3.8, 4) is 0 Å². The molecule has 0 bridgehead atoms. The fourth-order valence-corrected chi connectivity index (χ4v) is 2.82. The van der Waals surface area contributed by atoms with Crippen LogP contribution in [-0.2, 0) is 0 Å². The van der Waals surface area contributed by atoms with Crippen molar-refractivity contribution in [3.05, 3.63) is 47.1 Å². The minimum Gasteiger partial charge on any atom is -0.337 e. The fourth-order valence-electron chi connectivity index (χ4n) is 1.81. The smallest absolute Gasteiger partial charge is 0.274 e. The largest absolute Gasteiger partial charge is 0.337 e. The summed E-state index contributed by atoms with van der Waals surface area (Å²) >= 11 is 7.53. The molecule has 20 heavy (non-hydrogen) atoms. The molecule has 3 rings (SSSR count). The summed E-state index contributed by atoms with van der Waals surface area (Å²) in [4.78, 5) is 14.6. The predicted octanol–water partition coefficient (Wildman–Crippen LogP) is 3.13. The minimum absolute atomic E-state index is 0.0435. The van der Waals surface area contributed by atoms with Crippen LogP contribution in [0.5, 0.6) is 0 Å². The molecule has 0 atom stereocenters. The highest BCUT2D eigenvalue weighted by molar-refractivity contribution is 7.99. The zero-order valence-corrected chi connectivity index (χ0v) is 12.2. The second-order valence-corrected chi connectivity index (χ2v) is 5.90. The Morgan fingerprint density at radius 2 is 1.95 bits per heavy atom. The van der Waals surface area contributed by atoms with Crippen molar-refractivity contribution in [1.29, 1.82) is 0 Å². The van der Waals surface area contributed by atoms with E-state index >= 15 is 0 Å². The molecule has 4 nitrogen and oxygen atoms in total. The topological polar surface area (TPSA) is 46.1 Å². The van der Waals surface area contributed by atoms with E-state index < -0.39 is 0 Å². The van der Waals surface area contributed by atoms with Crippen LogP contribution in [-0.4, -0.2) is 34.1 Å². The van der Waals surface area contributed by atoms with Gasteiger partial charge >= 0.3 is 0 Å². The summed E-state index contributed by atoms with van der Waals surface area (Å²) in [5, 5.41) is 9.49. The number of nitrogens with zero attached hydrogens (tertiary/aromatic N) is 3. The number of carbonyl (C=O) groups excluding carboxylic acids is 1. The molecule has 1 aliphatic rings. The summed E-state index contributed by atoms with van der Waals surface area (Å²) in [6, 6.07) is 11.1. The first-order valence-electron chi connectivity index (χ1n) is 6.29. The van der Waals surface area contributed by atoms with Crippen LogP contribution in [0.4, 0.5) is 0 Å². The zero-order valence-electron chi connectivity index (χ0n) is 10.6. The van der Waals surface area contributed by atoms with Gasteiger partial charge in [-0.05, 0) is 30.7 Å². The highest BCUT2D eigenvalue weighted by Gasteiger charge is 2.22. The number of carbonyl (C=O) groups is 1.